The van der Waals surface area contributed by atoms with Crippen LogP contribution in [-0.2, 0) is 6.54 Å². The lowest BCUT2D eigenvalue weighted by Crippen LogP contribution is -2.21. The van der Waals surface area contributed by atoms with Gasteiger partial charge in [-0.25, -0.2) is 4.39 Å². The fourth-order valence-corrected chi connectivity index (χ4v) is 2.55. The zero-order valence-corrected chi connectivity index (χ0v) is 11.2. The standard InChI is InChI=1S/C13H17BrFNO/c14-12-4-2-10(6-13(12)15)8-16-7-9-1-3-11(17)5-9/h2,4,6,9,11,16-17H,1,3,5,7-8H2. The Hall–Kier alpha value is -0.450. The molecule has 1 saturated carbocycles. The maximum Gasteiger partial charge on any atom is 0.137 e. The Bertz CT molecular complexity index is 386. The molecule has 94 valence electrons. The van der Waals surface area contributed by atoms with Crippen molar-refractivity contribution in [3.8, 4) is 0 Å². The molecule has 1 aliphatic rings. The van der Waals surface area contributed by atoms with Crippen LogP contribution in [0.4, 0.5) is 4.39 Å². The van der Waals surface area contributed by atoms with Crippen LogP contribution in [-0.4, -0.2) is 17.8 Å². The van der Waals surface area contributed by atoms with E-state index in [1.54, 1.807) is 12.1 Å². The van der Waals surface area contributed by atoms with Crippen LogP contribution in [0.3, 0.4) is 0 Å². The minimum absolute atomic E-state index is 0.119. The van der Waals surface area contributed by atoms with Gasteiger partial charge >= 0.3 is 0 Å². The molecule has 0 bridgehead atoms. The van der Waals surface area contributed by atoms with Crippen LogP contribution >= 0.6 is 15.9 Å². The summed E-state index contributed by atoms with van der Waals surface area (Å²) in [5.74, 6) is 0.339. The van der Waals surface area contributed by atoms with E-state index >= 15 is 0 Å². The third kappa shape index (κ3) is 3.76. The first kappa shape index (κ1) is 13.0. The van der Waals surface area contributed by atoms with Gasteiger partial charge in [0.2, 0.25) is 0 Å². The number of aliphatic hydroxyl groups is 1. The average molecular weight is 302 g/mol. The second kappa shape index (κ2) is 5.94. The molecule has 0 radical (unpaired) electrons. The summed E-state index contributed by atoms with van der Waals surface area (Å²) in [6, 6.07) is 5.18. The summed E-state index contributed by atoms with van der Waals surface area (Å²) in [6.07, 6.45) is 2.77. The van der Waals surface area contributed by atoms with E-state index in [-0.39, 0.29) is 11.9 Å². The number of aliphatic hydroxyl groups excluding tert-OH is 1. The summed E-state index contributed by atoms with van der Waals surface area (Å²) in [5.41, 5.74) is 0.948. The second-order valence-corrected chi connectivity index (χ2v) is 5.57. The number of hydrogen-bond donors (Lipinski definition) is 2. The van der Waals surface area contributed by atoms with E-state index in [4.69, 9.17) is 0 Å². The van der Waals surface area contributed by atoms with Crippen LogP contribution in [0.2, 0.25) is 0 Å². The Morgan fingerprint density at radius 1 is 1.41 bits per heavy atom. The van der Waals surface area contributed by atoms with Gasteiger partial charge in [-0.2, -0.15) is 0 Å². The van der Waals surface area contributed by atoms with Crippen LogP contribution in [0.25, 0.3) is 0 Å². The number of nitrogens with one attached hydrogen (secondary N) is 1. The molecular weight excluding hydrogens is 285 g/mol. The van der Waals surface area contributed by atoms with Crippen molar-refractivity contribution in [3.63, 3.8) is 0 Å². The summed E-state index contributed by atoms with van der Waals surface area (Å²) in [4.78, 5) is 0. The molecule has 0 aliphatic heterocycles. The maximum atomic E-state index is 13.3. The fraction of sp³-hybridized carbons (Fsp3) is 0.538. The smallest absolute Gasteiger partial charge is 0.137 e. The summed E-state index contributed by atoms with van der Waals surface area (Å²) in [7, 11) is 0. The normalized spacial score (nSPS) is 24.2. The Labute approximate surface area is 109 Å². The van der Waals surface area contributed by atoms with Crippen molar-refractivity contribution in [2.45, 2.75) is 31.9 Å². The van der Waals surface area contributed by atoms with E-state index in [9.17, 15) is 9.50 Å². The van der Waals surface area contributed by atoms with Crippen LogP contribution in [0, 0.1) is 11.7 Å². The molecule has 2 N–H and O–H groups in total. The fourth-order valence-electron chi connectivity index (χ4n) is 2.30. The minimum atomic E-state index is -0.222. The Kier molecular flexibility index (Phi) is 4.54. The third-order valence-corrected chi connectivity index (χ3v) is 3.90. The van der Waals surface area contributed by atoms with Crippen LogP contribution < -0.4 is 5.32 Å². The number of hydrogen-bond acceptors (Lipinski definition) is 2. The van der Waals surface area contributed by atoms with E-state index in [2.05, 4.69) is 21.2 Å². The van der Waals surface area contributed by atoms with Crippen molar-refractivity contribution in [2.75, 3.05) is 6.54 Å². The number of benzene rings is 1. The van der Waals surface area contributed by atoms with Gasteiger partial charge in [0, 0.05) is 6.54 Å². The van der Waals surface area contributed by atoms with E-state index in [1.165, 1.54) is 0 Å². The van der Waals surface area contributed by atoms with Crippen molar-refractivity contribution >= 4 is 15.9 Å². The van der Waals surface area contributed by atoms with Gasteiger partial charge in [0.05, 0.1) is 10.6 Å². The molecule has 0 heterocycles. The summed E-state index contributed by atoms with van der Waals surface area (Å²) in [5, 5.41) is 12.7. The van der Waals surface area contributed by atoms with Crippen LogP contribution in [0.1, 0.15) is 24.8 Å². The van der Waals surface area contributed by atoms with Gasteiger partial charge in [0.15, 0.2) is 0 Å². The van der Waals surface area contributed by atoms with Gasteiger partial charge in [-0.15, -0.1) is 0 Å². The highest BCUT2D eigenvalue weighted by Crippen LogP contribution is 2.24. The highest BCUT2D eigenvalue weighted by molar-refractivity contribution is 9.10. The SMILES string of the molecule is OC1CCC(CNCc2ccc(Br)c(F)c2)C1. The summed E-state index contributed by atoms with van der Waals surface area (Å²) in [6.45, 7) is 1.57. The number of rotatable bonds is 4. The van der Waals surface area contributed by atoms with Crippen LogP contribution in [0.15, 0.2) is 22.7 Å². The molecule has 2 nitrogen and oxygen atoms in total. The van der Waals surface area contributed by atoms with Crippen molar-refractivity contribution in [1.29, 1.82) is 0 Å². The van der Waals surface area contributed by atoms with E-state index in [0.717, 1.165) is 31.4 Å². The Morgan fingerprint density at radius 3 is 2.88 bits per heavy atom. The van der Waals surface area contributed by atoms with E-state index in [0.29, 0.717) is 16.9 Å². The molecule has 0 spiro atoms. The highest BCUT2D eigenvalue weighted by atomic mass is 79.9. The van der Waals surface area contributed by atoms with Gasteiger partial charge in [-0.3, -0.25) is 0 Å². The molecule has 1 fully saturated rings. The zero-order chi connectivity index (χ0) is 12.3. The van der Waals surface area contributed by atoms with Gasteiger partial charge in [0.25, 0.3) is 0 Å². The van der Waals surface area contributed by atoms with Crippen LogP contribution in [0.5, 0.6) is 0 Å². The number of halogens is 2. The largest absolute Gasteiger partial charge is 0.393 e. The average Bonchev–Trinajstić information content (AvgIpc) is 2.70. The molecule has 0 saturated heterocycles. The lowest BCUT2D eigenvalue weighted by atomic mass is 10.1. The molecule has 17 heavy (non-hydrogen) atoms. The van der Waals surface area contributed by atoms with Crippen molar-refractivity contribution in [2.24, 2.45) is 5.92 Å². The van der Waals surface area contributed by atoms with Gasteiger partial charge in [-0.1, -0.05) is 6.07 Å². The molecule has 0 aromatic heterocycles. The molecule has 2 atom stereocenters. The van der Waals surface area contributed by atoms with Crippen molar-refractivity contribution < 1.29 is 9.50 Å². The lowest BCUT2D eigenvalue weighted by molar-refractivity contribution is 0.177. The molecule has 4 heteroatoms. The molecular formula is C13H17BrFNO. The van der Waals surface area contributed by atoms with Crippen molar-refractivity contribution in [3.05, 3.63) is 34.1 Å². The van der Waals surface area contributed by atoms with Gasteiger partial charge < -0.3 is 10.4 Å². The molecule has 1 aromatic rings. The Balaban J connectivity index is 1.76. The maximum absolute atomic E-state index is 13.3. The molecule has 2 unspecified atom stereocenters. The Morgan fingerprint density at radius 2 is 2.24 bits per heavy atom. The topological polar surface area (TPSA) is 32.3 Å². The molecule has 1 aliphatic carbocycles. The second-order valence-electron chi connectivity index (χ2n) is 4.71. The van der Waals surface area contributed by atoms with Gasteiger partial charge in [-0.05, 0) is 65.4 Å². The van der Waals surface area contributed by atoms with E-state index in [1.807, 2.05) is 6.07 Å². The van der Waals surface area contributed by atoms with Crippen molar-refractivity contribution in [1.82, 2.24) is 5.32 Å². The third-order valence-electron chi connectivity index (χ3n) is 3.26. The quantitative estimate of drug-likeness (QED) is 0.896. The lowest BCUT2D eigenvalue weighted by Gasteiger charge is -2.11. The van der Waals surface area contributed by atoms with E-state index < -0.39 is 0 Å². The molecule has 1 aromatic carbocycles. The first-order chi connectivity index (χ1) is 8.15. The predicted octanol–water partition coefficient (Wildman–Crippen LogP) is 2.84. The zero-order valence-electron chi connectivity index (χ0n) is 9.63. The first-order valence-corrected chi connectivity index (χ1v) is 6.77. The summed E-state index contributed by atoms with van der Waals surface area (Å²) >= 11 is 3.13. The highest BCUT2D eigenvalue weighted by Gasteiger charge is 2.21. The minimum Gasteiger partial charge on any atom is -0.393 e. The summed E-state index contributed by atoms with van der Waals surface area (Å²) < 4.78 is 13.8. The monoisotopic (exact) mass is 301 g/mol. The van der Waals surface area contributed by atoms with Gasteiger partial charge in [0.1, 0.15) is 5.82 Å². The molecule has 0 amide bonds. The first-order valence-electron chi connectivity index (χ1n) is 5.98. The predicted molar refractivity (Wildman–Crippen MR) is 69.2 cm³/mol. The molecule has 2 rings (SSSR count).